The molecule has 4 aliphatic rings. The number of hydrogen-bond donors (Lipinski definition) is 1. The van der Waals surface area contributed by atoms with E-state index in [4.69, 9.17) is 0 Å². The van der Waals surface area contributed by atoms with Crippen LogP contribution in [-0.2, 0) is 9.59 Å². The molecule has 0 heterocycles. The van der Waals surface area contributed by atoms with Gasteiger partial charge in [-0.05, 0) is 75.1 Å². The van der Waals surface area contributed by atoms with Gasteiger partial charge < -0.3 is 5.11 Å². The third kappa shape index (κ3) is 3.07. The highest BCUT2D eigenvalue weighted by Gasteiger charge is 2.72. The highest BCUT2D eigenvalue weighted by molar-refractivity contribution is 9.10. The molecule has 0 aromatic heterocycles. The number of aliphatic hydroxyl groups excluding tert-OH is 1. The van der Waals surface area contributed by atoms with E-state index >= 15 is 4.39 Å². The summed E-state index contributed by atoms with van der Waals surface area (Å²) in [4.78, 5) is 38.6. The van der Waals surface area contributed by atoms with Gasteiger partial charge in [-0.1, -0.05) is 46.6 Å². The molecule has 34 heavy (non-hydrogen) atoms. The lowest BCUT2D eigenvalue weighted by atomic mass is 9.45. The lowest BCUT2D eigenvalue weighted by molar-refractivity contribution is -0.195. The van der Waals surface area contributed by atoms with Gasteiger partial charge in [0.1, 0.15) is 5.78 Å². The lowest BCUT2D eigenvalue weighted by Gasteiger charge is -2.61. The SMILES string of the molecule is CC(=O)[C@H]1C(C(=O)c2ccc(Br)cc2)C[C@H]2[C@@H]3CCC4=CC(=O)C=C[C@]4(C)[C@@]3(F)C(O)C[C@]12C. The molecule has 0 amide bonds. The van der Waals surface area contributed by atoms with Crippen LogP contribution < -0.4 is 0 Å². The molecule has 1 aromatic rings. The van der Waals surface area contributed by atoms with E-state index in [0.29, 0.717) is 24.8 Å². The third-order valence-electron chi connectivity index (χ3n) is 9.60. The summed E-state index contributed by atoms with van der Waals surface area (Å²) >= 11 is 3.39. The number of allylic oxidation sites excluding steroid dienone is 4. The quantitative estimate of drug-likeness (QED) is 0.530. The minimum absolute atomic E-state index is 0.0789. The number of rotatable bonds is 3. The van der Waals surface area contributed by atoms with Crippen LogP contribution in [-0.4, -0.2) is 34.2 Å². The zero-order valence-electron chi connectivity index (χ0n) is 19.7. The van der Waals surface area contributed by atoms with Crippen molar-refractivity contribution >= 4 is 33.3 Å². The Hall–Kier alpha value is -1.92. The monoisotopic (exact) mass is 528 g/mol. The largest absolute Gasteiger partial charge is 0.390 e. The average molecular weight is 529 g/mol. The molecule has 3 fully saturated rings. The molecule has 4 nitrogen and oxygen atoms in total. The van der Waals surface area contributed by atoms with Crippen LogP contribution in [0.1, 0.15) is 56.8 Å². The van der Waals surface area contributed by atoms with Crippen LogP contribution in [0.4, 0.5) is 4.39 Å². The zero-order valence-corrected chi connectivity index (χ0v) is 21.3. The molecule has 4 aliphatic carbocycles. The second-order valence-corrected chi connectivity index (χ2v) is 12.1. The van der Waals surface area contributed by atoms with Gasteiger partial charge in [0.25, 0.3) is 0 Å². The van der Waals surface area contributed by atoms with Crippen molar-refractivity contribution in [2.45, 2.75) is 58.2 Å². The molecule has 0 radical (unpaired) electrons. The Bertz CT molecular complexity index is 1140. The molecule has 0 spiro atoms. The summed E-state index contributed by atoms with van der Waals surface area (Å²) in [6, 6.07) is 7.13. The number of hydrogen-bond acceptors (Lipinski definition) is 4. The van der Waals surface area contributed by atoms with Crippen molar-refractivity contribution in [3.05, 3.63) is 58.1 Å². The van der Waals surface area contributed by atoms with Gasteiger partial charge in [-0.3, -0.25) is 14.4 Å². The Morgan fingerprint density at radius 3 is 2.47 bits per heavy atom. The maximum absolute atomic E-state index is 17.3. The van der Waals surface area contributed by atoms with Crippen molar-refractivity contribution in [1.29, 1.82) is 0 Å². The number of aliphatic hydroxyl groups is 1. The summed E-state index contributed by atoms with van der Waals surface area (Å²) in [5, 5.41) is 11.4. The molecule has 1 N–H and O–H groups in total. The van der Waals surface area contributed by atoms with Gasteiger partial charge in [0.05, 0.1) is 6.10 Å². The van der Waals surface area contributed by atoms with E-state index in [1.54, 1.807) is 25.1 Å². The molecular formula is C28H30BrFO4. The van der Waals surface area contributed by atoms with Gasteiger partial charge in [-0.25, -0.2) is 4.39 Å². The van der Waals surface area contributed by atoms with Crippen LogP contribution >= 0.6 is 15.9 Å². The van der Waals surface area contributed by atoms with E-state index in [9.17, 15) is 19.5 Å². The van der Waals surface area contributed by atoms with Crippen molar-refractivity contribution in [3.8, 4) is 0 Å². The van der Waals surface area contributed by atoms with Crippen molar-refractivity contribution < 1.29 is 23.9 Å². The topological polar surface area (TPSA) is 71.4 Å². The molecule has 3 saturated carbocycles. The molecule has 0 saturated heterocycles. The Morgan fingerprint density at radius 2 is 1.82 bits per heavy atom. The summed E-state index contributed by atoms with van der Waals surface area (Å²) in [7, 11) is 0. The first-order chi connectivity index (χ1) is 15.9. The molecule has 0 bridgehead atoms. The fourth-order valence-corrected chi connectivity index (χ4v) is 8.36. The van der Waals surface area contributed by atoms with Crippen molar-refractivity contribution in [2.24, 2.45) is 34.5 Å². The summed E-state index contributed by atoms with van der Waals surface area (Å²) < 4.78 is 18.1. The van der Waals surface area contributed by atoms with Gasteiger partial charge in [-0.2, -0.15) is 0 Å². The van der Waals surface area contributed by atoms with E-state index in [1.807, 2.05) is 19.1 Å². The van der Waals surface area contributed by atoms with E-state index in [2.05, 4.69) is 15.9 Å². The third-order valence-corrected chi connectivity index (χ3v) is 10.1. The van der Waals surface area contributed by atoms with Gasteiger partial charge in [0, 0.05) is 33.2 Å². The first-order valence-corrected chi connectivity index (χ1v) is 12.8. The molecule has 8 atom stereocenters. The Balaban J connectivity index is 1.58. The van der Waals surface area contributed by atoms with Crippen molar-refractivity contribution in [1.82, 2.24) is 0 Å². The number of carbonyl (C=O) groups is 3. The number of halogens is 2. The first kappa shape index (κ1) is 23.8. The Kier molecular flexibility index (Phi) is 5.45. The molecule has 6 heteroatoms. The molecule has 1 aromatic carbocycles. The number of carbonyl (C=O) groups excluding carboxylic acids is 3. The number of benzene rings is 1. The summed E-state index contributed by atoms with van der Waals surface area (Å²) in [6.45, 7) is 5.26. The van der Waals surface area contributed by atoms with Crippen molar-refractivity contribution in [2.75, 3.05) is 0 Å². The maximum Gasteiger partial charge on any atom is 0.178 e. The van der Waals surface area contributed by atoms with Gasteiger partial charge in [0.15, 0.2) is 17.2 Å². The average Bonchev–Trinajstić information content (AvgIpc) is 3.08. The van der Waals surface area contributed by atoms with Crippen LogP contribution in [0, 0.1) is 34.5 Å². The normalized spacial score (nSPS) is 42.9. The van der Waals surface area contributed by atoms with Crippen molar-refractivity contribution in [3.63, 3.8) is 0 Å². The number of Topliss-reactive ketones (excluding diaryl/α,β-unsaturated/α-hetero) is 2. The molecular weight excluding hydrogens is 499 g/mol. The van der Waals surface area contributed by atoms with Crippen LogP contribution in [0.3, 0.4) is 0 Å². The van der Waals surface area contributed by atoms with E-state index in [-0.39, 0.29) is 29.7 Å². The smallest absolute Gasteiger partial charge is 0.178 e. The fourth-order valence-electron chi connectivity index (χ4n) is 8.10. The minimum atomic E-state index is -1.96. The second kappa shape index (κ2) is 7.79. The molecule has 0 aliphatic heterocycles. The second-order valence-electron chi connectivity index (χ2n) is 11.2. The highest BCUT2D eigenvalue weighted by atomic mass is 79.9. The predicted octanol–water partition coefficient (Wildman–Crippen LogP) is 5.43. The lowest BCUT2D eigenvalue weighted by Crippen LogP contribution is -2.66. The number of fused-ring (bicyclic) bond motifs is 5. The van der Waals surface area contributed by atoms with Crippen LogP contribution in [0.2, 0.25) is 0 Å². The van der Waals surface area contributed by atoms with Gasteiger partial charge in [0.2, 0.25) is 0 Å². The molecule has 5 rings (SSSR count). The van der Waals surface area contributed by atoms with Crippen LogP contribution in [0.15, 0.2) is 52.5 Å². The van der Waals surface area contributed by atoms with Crippen LogP contribution in [0.5, 0.6) is 0 Å². The standard InChI is InChI=1S/C28H30BrFO4/c1-15(31)24-20(25(34)16-4-7-18(29)8-5-16)13-22-21-9-6-17-12-19(32)10-11-27(17,3)28(21,30)23(33)14-26(22,24)2/h4-5,7-8,10-12,20-24,33H,6,9,13-14H2,1-3H3/t20?,21-,22-,23?,24-,26-,27-,28-/m0/s1. The summed E-state index contributed by atoms with van der Waals surface area (Å²) in [5.74, 6) is -2.16. The fraction of sp³-hybridized carbons (Fsp3) is 0.536. The van der Waals surface area contributed by atoms with Gasteiger partial charge >= 0.3 is 0 Å². The van der Waals surface area contributed by atoms with E-state index in [0.717, 1.165) is 10.0 Å². The molecule has 180 valence electrons. The van der Waals surface area contributed by atoms with Crippen LogP contribution in [0.25, 0.3) is 0 Å². The summed E-state index contributed by atoms with van der Waals surface area (Å²) in [6.07, 6.45) is 4.85. The Labute approximate surface area is 207 Å². The predicted molar refractivity (Wildman–Crippen MR) is 130 cm³/mol. The first-order valence-electron chi connectivity index (χ1n) is 12.0. The maximum atomic E-state index is 17.3. The minimum Gasteiger partial charge on any atom is -0.390 e. The highest BCUT2D eigenvalue weighted by Crippen LogP contribution is 2.70. The van der Waals surface area contributed by atoms with Gasteiger partial charge in [-0.15, -0.1) is 0 Å². The number of alkyl halides is 1. The summed E-state index contributed by atoms with van der Waals surface area (Å²) in [5.41, 5.74) is -2.44. The Morgan fingerprint density at radius 1 is 1.15 bits per heavy atom. The zero-order chi connectivity index (χ0) is 24.6. The van der Waals surface area contributed by atoms with E-state index in [1.165, 1.54) is 19.1 Å². The number of ketones is 3. The van der Waals surface area contributed by atoms with E-state index < -0.39 is 40.4 Å². The molecule has 2 unspecified atom stereocenters.